The smallest absolute Gasteiger partial charge is 0.282 e. The van der Waals surface area contributed by atoms with Gasteiger partial charge in [-0.15, -0.1) is 0 Å². The molecule has 0 bridgehead atoms. The van der Waals surface area contributed by atoms with Crippen LogP contribution in [0.5, 0.6) is 11.5 Å². The van der Waals surface area contributed by atoms with Crippen molar-refractivity contribution in [2.24, 2.45) is 0 Å². The van der Waals surface area contributed by atoms with Gasteiger partial charge in [-0.05, 0) is 77.0 Å². The van der Waals surface area contributed by atoms with Crippen molar-refractivity contribution in [1.82, 2.24) is 5.43 Å². The number of para-hydroxylation sites is 1. The van der Waals surface area contributed by atoms with Crippen LogP contribution < -0.4 is 25.2 Å². The number of carbonyl (C=O) groups excluding carboxylic acids is 3. The summed E-state index contributed by atoms with van der Waals surface area (Å²) < 4.78 is 11.7. The molecular formula is C26H20BrCl2N3O5. The zero-order valence-electron chi connectivity index (χ0n) is 19.4. The molecule has 1 aliphatic rings. The maximum Gasteiger partial charge on any atom is 0.282 e. The van der Waals surface area contributed by atoms with E-state index in [4.69, 9.17) is 32.7 Å². The first-order valence-electron chi connectivity index (χ1n) is 11.0. The number of hydrogen-bond donors (Lipinski definition) is 2. The van der Waals surface area contributed by atoms with Crippen LogP contribution in [0.3, 0.4) is 0 Å². The highest BCUT2D eigenvalue weighted by atomic mass is 79.9. The zero-order chi connectivity index (χ0) is 26.5. The third-order valence-electron chi connectivity index (χ3n) is 5.14. The van der Waals surface area contributed by atoms with Gasteiger partial charge in [0.1, 0.15) is 10.6 Å². The topological polar surface area (TPSA) is 97.0 Å². The van der Waals surface area contributed by atoms with Crippen LogP contribution in [-0.2, 0) is 14.4 Å². The average Bonchev–Trinajstić information content (AvgIpc) is 3.17. The molecule has 1 fully saturated rings. The van der Waals surface area contributed by atoms with Crippen LogP contribution in [0.2, 0.25) is 10.0 Å². The van der Waals surface area contributed by atoms with E-state index in [9.17, 15) is 14.4 Å². The number of amides is 3. The quantitative estimate of drug-likeness (QED) is 0.256. The molecule has 3 aromatic rings. The lowest BCUT2D eigenvalue weighted by Crippen LogP contribution is -2.35. The van der Waals surface area contributed by atoms with Gasteiger partial charge in [0, 0.05) is 15.2 Å². The van der Waals surface area contributed by atoms with Gasteiger partial charge in [0.2, 0.25) is 0 Å². The van der Waals surface area contributed by atoms with E-state index in [1.165, 1.54) is 11.1 Å². The van der Waals surface area contributed by atoms with Gasteiger partial charge >= 0.3 is 0 Å². The molecule has 0 unspecified atom stereocenters. The highest BCUT2D eigenvalue weighted by molar-refractivity contribution is 9.10. The number of carbonyl (C=O) groups is 3. The number of hydrogen-bond acceptors (Lipinski definition) is 5. The van der Waals surface area contributed by atoms with E-state index in [0.717, 1.165) is 0 Å². The van der Waals surface area contributed by atoms with Crippen molar-refractivity contribution >= 4 is 74.3 Å². The van der Waals surface area contributed by atoms with Crippen LogP contribution in [0.1, 0.15) is 12.5 Å². The van der Waals surface area contributed by atoms with E-state index in [1.807, 2.05) is 6.07 Å². The lowest BCUT2D eigenvalue weighted by molar-refractivity contribution is -0.118. The molecule has 11 heteroatoms. The summed E-state index contributed by atoms with van der Waals surface area (Å²) in [5.74, 6) is -1.12. The Morgan fingerprint density at radius 2 is 1.78 bits per heavy atom. The zero-order valence-corrected chi connectivity index (χ0v) is 22.5. The number of anilines is 2. The molecule has 190 valence electrons. The van der Waals surface area contributed by atoms with Crippen LogP contribution in [0.15, 0.2) is 70.7 Å². The minimum Gasteiger partial charge on any atom is -0.490 e. The predicted octanol–water partition coefficient (Wildman–Crippen LogP) is 5.63. The molecule has 1 aliphatic heterocycles. The standard InChI is InChI=1S/C26H20BrCl2N3O5/c1-2-36-20-13-15(12-19-25(34)31-32(26(19)35)18-6-4-3-5-7-18)22(27)23(29)24(20)37-14-21(33)30-17-10-8-16(28)9-11-17/h3-13H,2,14H2,1H3,(H,30,33)(H,31,34)/b19-12-. The summed E-state index contributed by atoms with van der Waals surface area (Å²) in [4.78, 5) is 37.9. The van der Waals surface area contributed by atoms with E-state index >= 15 is 0 Å². The molecule has 2 N–H and O–H groups in total. The molecule has 8 nitrogen and oxygen atoms in total. The summed E-state index contributed by atoms with van der Waals surface area (Å²) >= 11 is 15.8. The molecule has 4 rings (SSSR count). The second kappa shape index (κ2) is 11.7. The van der Waals surface area contributed by atoms with Crippen molar-refractivity contribution in [1.29, 1.82) is 0 Å². The summed E-state index contributed by atoms with van der Waals surface area (Å²) in [5.41, 5.74) is 3.97. The Balaban J connectivity index is 1.57. The molecule has 0 aromatic heterocycles. The summed E-state index contributed by atoms with van der Waals surface area (Å²) in [5, 5.41) is 4.53. The molecule has 0 spiro atoms. The minimum atomic E-state index is -0.561. The Labute approximate surface area is 231 Å². The highest BCUT2D eigenvalue weighted by Gasteiger charge is 2.34. The van der Waals surface area contributed by atoms with Crippen molar-refractivity contribution < 1.29 is 23.9 Å². The third-order valence-corrected chi connectivity index (χ3v) is 6.83. The normalized spacial score (nSPS) is 14.1. The first kappa shape index (κ1) is 26.5. The molecule has 37 heavy (non-hydrogen) atoms. The fraction of sp³-hybridized carbons (Fsp3) is 0.115. The fourth-order valence-electron chi connectivity index (χ4n) is 3.45. The van der Waals surface area contributed by atoms with E-state index in [2.05, 4.69) is 26.7 Å². The predicted molar refractivity (Wildman–Crippen MR) is 146 cm³/mol. The largest absolute Gasteiger partial charge is 0.490 e. The molecule has 3 amide bonds. The maximum absolute atomic E-state index is 13.0. The summed E-state index contributed by atoms with van der Waals surface area (Å²) in [7, 11) is 0. The first-order valence-corrected chi connectivity index (χ1v) is 12.6. The Hall–Kier alpha value is -3.53. The number of rotatable bonds is 8. The Kier molecular flexibility index (Phi) is 8.38. The summed E-state index contributed by atoms with van der Waals surface area (Å²) in [6, 6.07) is 16.9. The van der Waals surface area contributed by atoms with Crippen LogP contribution >= 0.6 is 39.1 Å². The monoisotopic (exact) mass is 603 g/mol. The lowest BCUT2D eigenvalue weighted by atomic mass is 10.1. The molecule has 1 heterocycles. The first-order chi connectivity index (χ1) is 17.8. The van der Waals surface area contributed by atoms with Crippen molar-refractivity contribution in [2.45, 2.75) is 6.92 Å². The van der Waals surface area contributed by atoms with Gasteiger partial charge in [-0.1, -0.05) is 41.4 Å². The summed E-state index contributed by atoms with van der Waals surface area (Å²) in [6.45, 7) is 1.71. The van der Waals surface area contributed by atoms with Gasteiger partial charge in [0.25, 0.3) is 17.7 Å². The highest BCUT2D eigenvalue weighted by Crippen LogP contribution is 2.43. The third kappa shape index (κ3) is 6.07. The SMILES string of the molecule is CCOc1cc(/C=C2/C(=O)NN(c3ccccc3)C2=O)c(Br)c(Cl)c1OCC(=O)Nc1ccc(Cl)cc1. The van der Waals surface area contributed by atoms with Crippen LogP contribution in [0.25, 0.3) is 6.08 Å². The molecule has 0 aliphatic carbocycles. The number of nitrogens with one attached hydrogen (secondary N) is 2. The molecule has 3 aromatic carbocycles. The number of halogens is 3. The van der Waals surface area contributed by atoms with Crippen LogP contribution in [-0.4, -0.2) is 30.9 Å². The van der Waals surface area contributed by atoms with Crippen molar-refractivity contribution in [2.75, 3.05) is 23.5 Å². The van der Waals surface area contributed by atoms with Gasteiger partial charge in [0.05, 0.1) is 12.3 Å². The van der Waals surface area contributed by atoms with E-state index in [1.54, 1.807) is 61.5 Å². The molecular weight excluding hydrogens is 585 g/mol. The lowest BCUT2D eigenvalue weighted by Gasteiger charge is -2.16. The molecule has 0 atom stereocenters. The van der Waals surface area contributed by atoms with Gasteiger partial charge in [-0.3, -0.25) is 19.8 Å². The Bertz CT molecular complexity index is 1380. The van der Waals surface area contributed by atoms with Gasteiger partial charge in [-0.2, -0.15) is 0 Å². The Morgan fingerprint density at radius 1 is 1.08 bits per heavy atom. The number of nitrogens with zero attached hydrogens (tertiary/aromatic N) is 1. The van der Waals surface area contributed by atoms with Gasteiger partial charge < -0.3 is 14.8 Å². The van der Waals surface area contributed by atoms with E-state index in [-0.39, 0.29) is 35.3 Å². The number of ether oxygens (including phenoxy) is 2. The Morgan fingerprint density at radius 3 is 2.46 bits per heavy atom. The number of hydrazine groups is 1. The van der Waals surface area contributed by atoms with Crippen molar-refractivity contribution in [3.05, 3.63) is 86.3 Å². The second-order valence-corrected chi connectivity index (χ2v) is 9.28. The van der Waals surface area contributed by atoms with Crippen molar-refractivity contribution in [3.8, 4) is 11.5 Å². The fourth-order valence-corrected chi connectivity index (χ4v) is 4.24. The molecule has 1 saturated heterocycles. The maximum atomic E-state index is 13.0. The molecule has 0 saturated carbocycles. The van der Waals surface area contributed by atoms with Gasteiger partial charge in [-0.25, -0.2) is 5.01 Å². The minimum absolute atomic E-state index is 0.0842. The van der Waals surface area contributed by atoms with Crippen LogP contribution in [0, 0.1) is 0 Å². The van der Waals surface area contributed by atoms with E-state index < -0.39 is 17.7 Å². The van der Waals surface area contributed by atoms with Gasteiger partial charge in [0.15, 0.2) is 18.1 Å². The van der Waals surface area contributed by atoms with E-state index in [0.29, 0.717) is 26.4 Å². The number of benzene rings is 3. The summed E-state index contributed by atoms with van der Waals surface area (Å²) in [6.07, 6.45) is 1.41. The second-order valence-electron chi connectivity index (χ2n) is 7.67. The average molecular weight is 605 g/mol. The molecule has 0 radical (unpaired) electrons. The van der Waals surface area contributed by atoms with Crippen molar-refractivity contribution in [3.63, 3.8) is 0 Å². The van der Waals surface area contributed by atoms with Crippen LogP contribution in [0.4, 0.5) is 11.4 Å².